The van der Waals surface area contributed by atoms with Crippen LogP contribution in [-0.4, -0.2) is 74.3 Å². The molecule has 1 atom stereocenters. The standard InChI is InChI=1S/C26H31N5O3/c1-33-21-11-9-20(10-12-21)29-14-16-30(17-15-29)26(32)19-6-5-13-31(18-19)24-25(34-2)28-23-8-4-3-7-22(23)27-24/h3-4,7-12,19H,5-6,13-18H2,1-2H3. The van der Waals surface area contributed by atoms with Crippen molar-refractivity contribution in [3.05, 3.63) is 48.5 Å². The Morgan fingerprint density at radius 1 is 0.853 bits per heavy atom. The van der Waals surface area contributed by atoms with Crippen molar-refractivity contribution in [3.63, 3.8) is 0 Å². The van der Waals surface area contributed by atoms with Crippen LogP contribution in [0.5, 0.6) is 11.6 Å². The topological polar surface area (TPSA) is 71.0 Å². The van der Waals surface area contributed by atoms with Gasteiger partial charge in [0.1, 0.15) is 5.75 Å². The number of para-hydroxylation sites is 2. The molecule has 0 radical (unpaired) electrons. The van der Waals surface area contributed by atoms with Gasteiger partial charge in [-0.1, -0.05) is 12.1 Å². The maximum absolute atomic E-state index is 13.4. The van der Waals surface area contributed by atoms with E-state index in [0.717, 1.165) is 68.2 Å². The zero-order chi connectivity index (χ0) is 23.5. The highest BCUT2D eigenvalue weighted by Gasteiger charge is 2.32. The molecule has 0 aliphatic carbocycles. The maximum atomic E-state index is 13.4. The van der Waals surface area contributed by atoms with Crippen LogP contribution in [-0.2, 0) is 4.79 Å². The maximum Gasteiger partial charge on any atom is 0.257 e. The van der Waals surface area contributed by atoms with E-state index in [4.69, 9.17) is 14.5 Å². The number of ether oxygens (including phenoxy) is 2. The van der Waals surface area contributed by atoms with Crippen LogP contribution in [0.25, 0.3) is 11.0 Å². The van der Waals surface area contributed by atoms with Crippen molar-refractivity contribution < 1.29 is 14.3 Å². The second-order valence-corrected chi connectivity index (χ2v) is 8.84. The summed E-state index contributed by atoms with van der Waals surface area (Å²) in [6.45, 7) is 4.62. The molecular weight excluding hydrogens is 430 g/mol. The predicted octanol–water partition coefficient (Wildman–Crippen LogP) is 3.21. The number of amides is 1. The SMILES string of the molecule is COc1ccc(N2CCN(C(=O)C3CCCN(c4nc5ccccc5nc4OC)C3)CC2)cc1. The van der Waals surface area contributed by atoms with E-state index < -0.39 is 0 Å². The van der Waals surface area contributed by atoms with E-state index in [1.165, 1.54) is 5.69 Å². The minimum atomic E-state index is -0.0423. The van der Waals surface area contributed by atoms with Crippen LogP contribution in [0.2, 0.25) is 0 Å². The van der Waals surface area contributed by atoms with Crippen LogP contribution in [0, 0.1) is 5.92 Å². The molecule has 0 bridgehead atoms. The molecule has 0 spiro atoms. The van der Waals surface area contributed by atoms with Gasteiger partial charge in [0.05, 0.1) is 31.2 Å². The number of rotatable bonds is 5. The van der Waals surface area contributed by atoms with E-state index in [2.05, 4.69) is 26.9 Å². The first-order valence-corrected chi connectivity index (χ1v) is 11.9. The summed E-state index contributed by atoms with van der Waals surface area (Å²) in [6, 6.07) is 15.9. The molecule has 3 heterocycles. The van der Waals surface area contributed by atoms with Crippen LogP contribution < -0.4 is 19.3 Å². The second kappa shape index (κ2) is 9.75. The highest BCUT2D eigenvalue weighted by molar-refractivity contribution is 5.81. The lowest BCUT2D eigenvalue weighted by Gasteiger charge is -2.40. The molecule has 2 saturated heterocycles. The van der Waals surface area contributed by atoms with E-state index in [9.17, 15) is 4.79 Å². The first-order chi connectivity index (χ1) is 16.7. The van der Waals surface area contributed by atoms with Crippen LogP contribution in [0.1, 0.15) is 12.8 Å². The number of carbonyl (C=O) groups is 1. The fourth-order valence-electron chi connectivity index (χ4n) is 4.92. The molecule has 0 saturated carbocycles. The molecule has 0 N–H and O–H groups in total. The number of benzene rings is 2. The summed E-state index contributed by atoms with van der Waals surface area (Å²) < 4.78 is 10.8. The van der Waals surface area contributed by atoms with Crippen LogP contribution in [0.4, 0.5) is 11.5 Å². The van der Waals surface area contributed by atoms with Crippen LogP contribution in [0.15, 0.2) is 48.5 Å². The molecule has 3 aromatic rings. The van der Waals surface area contributed by atoms with Gasteiger partial charge in [-0.2, -0.15) is 0 Å². The van der Waals surface area contributed by atoms with Crippen molar-refractivity contribution in [1.29, 1.82) is 0 Å². The Bertz CT molecular complexity index is 1140. The fraction of sp³-hybridized carbons (Fsp3) is 0.423. The van der Waals surface area contributed by atoms with Crippen molar-refractivity contribution in [1.82, 2.24) is 14.9 Å². The largest absolute Gasteiger partial charge is 0.497 e. The Hall–Kier alpha value is -3.55. The van der Waals surface area contributed by atoms with Gasteiger partial charge in [-0.05, 0) is 49.2 Å². The summed E-state index contributed by atoms with van der Waals surface area (Å²) in [7, 11) is 3.30. The number of hydrogen-bond acceptors (Lipinski definition) is 7. The quantitative estimate of drug-likeness (QED) is 0.578. The van der Waals surface area contributed by atoms with Gasteiger partial charge in [-0.3, -0.25) is 4.79 Å². The number of methoxy groups -OCH3 is 2. The molecule has 2 aliphatic rings. The Morgan fingerprint density at radius 3 is 2.24 bits per heavy atom. The van der Waals surface area contributed by atoms with E-state index in [-0.39, 0.29) is 11.8 Å². The number of piperidine rings is 1. The van der Waals surface area contributed by atoms with Crippen molar-refractivity contribution in [2.75, 3.05) is 63.3 Å². The van der Waals surface area contributed by atoms with Gasteiger partial charge < -0.3 is 24.2 Å². The number of aromatic nitrogens is 2. The van der Waals surface area contributed by atoms with Crippen molar-refractivity contribution in [3.8, 4) is 11.6 Å². The molecule has 2 aromatic carbocycles. The minimum absolute atomic E-state index is 0.0423. The summed E-state index contributed by atoms with van der Waals surface area (Å²) in [6.07, 6.45) is 1.84. The lowest BCUT2D eigenvalue weighted by atomic mass is 9.96. The second-order valence-electron chi connectivity index (χ2n) is 8.84. The van der Waals surface area contributed by atoms with Gasteiger partial charge in [0, 0.05) is 45.0 Å². The predicted molar refractivity (Wildman–Crippen MR) is 133 cm³/mol. The third kappa shape index (κ3) is 4.44. The van der Waals surface area contributed by atoms with Gasteiger partial charge >= 0.3 is 0 Å². The normalized spacial score (nSPS) is 18.8. The van der Waals surface area contributed by atoms with Crippen molar-refractivity contribution >= 4 is 28.4 Å². The Labute approximate surface area is 200 Å². The number of fused-ring (bicyclic) bond motifs is 1. The monoisotopic (exact) mass is 461 g/mol. The Morgan fingerprint density at radius 2 is 1.56 bits per heavy atom. The van der Waals surface area contributed by atoms with Crippen molar-refractivity contribution in [2.45, 2.75) is 12.8 Å². The highest BCUT2D eigenvalue weighted by atomic mass is 16.5. The summed E-state index contributed by atoms with van der Waals surface area (Å²) in [5, 5.41) is 0. The molecule has 5 rings (SSSR count). The minimum Gasteiger partial charge on any atom is -0.497 e. The molecule has 1 amide bonds. The van der Waals surface area contributed by atoms with E-state index in [1.807, 2.05) is 41.3 Å². The van der Waals surface area contributed by atoms with Gasteiger partial charge in [-0.25, -0.2) is 9.97 Å². The number of carbonyl (C=O) groups excluding carboxylic acids is 1. The molecule has 8 heteroatoms. The third-order valence-electron chi connectivity index (χ3n) is 6.81. The molecule has 1 unspecified atom stereocenters. The first-order valence-electron chi connectivity index (χ1n) is 11.9. The lowest BCUT2D eigenvalue weighted by Crippen LogP contribution is -2.52. The van der Waals surface area contributed by atoms with Crippen LogP contribution >= 0.6 is 0 Å². The lowest BCUT2D eigenvalue weighted by molar-refractivity contribution is -0.136. The van der Waals surface area contributed by atoms with E-state index in [1.54, 1.807) is 14.2 Å². The average Bonchev–Trinajstić information content (AvgIpc) is 2.92. The van der Waals surface area contributed by atoms with Gasteiger partial charge in [0.2, 0.25) is 5.91 Å². The zero-order valence-corrected chi connectivity index (χ0v) is 19.8. The summed E-state index contributed by atoms with van der Waals surface area (Å²) >= 11 is 0. The van der Waals surface area contributed by atoms with Gasteiger partial charge in [0.25, 0.3) is 5.88 Å². The summed E-state index contributed by atoms with van der Waals surface area (Å²) in [5.41, 5.74) is 2.81. The molecule has 34 heavy (non-hydrogen) atoms. The average molecular weight is 462 g/mol. The van der Waals surface area contributed by atoms with Crippen molar-refractivity contribution in [2.24, 2.45) is 5.92 Å². The van der Waals surface area contributed by atoms with Gasteiger partial charge in [0.15, 0.2) is 5.82 Å². The number of anilines is 2. The molecule has 2 fully saturated rings. The van der Waals surface area contributed by atoms with Gasteiger partial charge in [-0.15, -0.1) is 0 Å². The van der Waals surface area contributed by atoms with Crippen LogP contribution in [0.3, 0.4) is 0 Å². The summed E-state index contributed by atoms with van der Waals surface area (Å²) in [5.74, 6) is 2.29. The first kappa shape index (κ1) is 22.3. The fourth-order valence-corrected chi connectivity index (χ4v) is 4.92. The Kier molecular flexibility index (Phi) is 6.38. The zero-order valence-electron chi connectivity index (χ0n) is 19.8. The molecule has 1 aromatic heterocycles. The number of hydrogen-bond donors (Lipinski definition) is 0. The van der Waals surface area contributed by atoms with E-state index >= 15 is 0 Å². The third-order valence-corrected chi connectivity index (χ3v) is 6.81. The van der Waals surface area contributed by atoms with E-state index in [0.29, 0.717) is 12.4 Å². The Balaban J connectivity index is 1.24. The highest BCUT2D eigenvalue weighted by Crippen LogP contribution is 2.31. The molecule has 178 valence electrons. The smallest absolute Gasteiger partial charge is 0.257 e. The molecule has 8 nitrogen and oxygen atoms in total. The molecule has 2 aliphatic heterocycles. The molecular formula is C26H31N5O3. The number of nitrogens with zero attached hydrogens (tertiary/aromatic N) is 5. The number of piperazine rings is 1. The summed E-state index contributed by atoms with van der Waals surface area (Å²) in [4.78, 5) is 29.4.